The van der Waals surface area contributed by atoms with E-state index in [4.69, 9.17) is 21.1 Å². The Morgan fingerprint density at radius 2 is 1.97 bits per heavy atom. The van der Waals surface area contributed by atoms with Gasteiger partial charge in [-0.15, -0.1) is 0 Å². The van der Waals surface area contributed by atoms with Crippen LogP contribution in [0.3, 0.4) is 0 Å². The predicted octanol–water partition coefficient (Wildman–Crippen LogP) is 5.06. The van der Waals surface area contributed by atoms with Crippen molar-refractivity contribution in [3.63, 3.8) is 0 Å². The maximum atomic E-state index is 12.0. The average molecular weight is 428 g/mol. The Bertz CT molecular complexity index is 837. The van der Waals surface area contributed by atoms with E-state index in [2.05, 4.69) is 29.2 Å². The zero-order chi connectivity index (χ0) is 21.2. The molecule has 4 nitrogen and oxygen atoms in total. The number of benzene rings is 2. The van der Waals surface area contributed by atoms with Gasteiger partial charge in [-0.1, -0.05) is 60.1 Å². The Labute approximate surface area is 184 Å². The molecule has 0 radical (unpaired) electrons. The van der Waals surface area contributed by atoms with Crippen LogP contribution in [0.5, 0.6) is 0 Å². The topological polar surface area (TPSA) is 38.8 Å². The number of carbonyl (C=O) groups is 1. The van der Waals surface area contributed by atoms with Gasteiger partial charge in [-0.25, -0.2) is 0 Å². The molecule has 1 atom stereocenters. The van der Waals surface area contributed by atoms with E-state index >= 15 is 0 Å². The summed E-state index contributed by atoms with van der Waals surface area (Å²) in [5, 5.41) is 0.719. The first-order chi connectivity index (χ1) is 14.7. The number of likely N-dealkylation sites (tertiary alicyclic amines) is 1. The third-order valence-electron chi connectivity index (χ3n) is 5.30. The lowest BCUT2D eigenvalue weighted by atomic mass is 9.98. The monoisotopic (exact) mass is 427 g/mol. The number of hydrogen-bond acceptors (Lipinski definition) is 4. The quantitative estimate of drug-likeness (QED) is 0.414. The highest BCUT2D eigenvalue weighted by Gasteiger charge is 2.26. The van der Waals surface area contributed by atoms with Crippen LogP contribution in [-0.4, -0.2) is 50.3 Å². The number of halogens is 1. The molecule has 0 aliphatic carbocycles. The highest BCUT2D eigenvalue weighted by molar-refractivity contribution is 6.30. The fraction of sp³-hybridized carbons (Fsp3) is 0.400. The average Bonchev–Trinajstić information content (AvgIpc) is 2.77. The van der Waals surface area contributed by atoms with Crippen molar-refractivity contribution in [2.24, 2.45) is 5.92 Å². The van der Waals surface area contributed by atoms with Gasteiger partial charge >= 0.3 is 5.97 Å². The van der Waals surface area contributed by atoms with Crippen molar-refractivity contribution < 1.29 is 14.3 Å². The SMILES string of the molecule is CCOC(=O)C1CCCN(CCOC/C=C(/c2ccccc2)c2cccc(Cl)c2)C1. The minimum Gasteiger partial charge on any atom is -0.466 e. The number of hydrogen-bond donors (Lipinski definition) is 0. The van der Waals surface area contributed by atoms with Gasteiger partial charge in [0.15, 0.2) is 0 Å². The van der Waals surface area contributed by atoms with Crippen LogP contribution < -0.4 is 0 Å². The van der Waals surface area contributed by atoms with Gasteiger partial charge in [0.2, 0.25) is 0 Å². The lowest BCUT2D eigenvalue weighted by Crippen LogP contribution is -2.40. The van der Waals surface area contributed by atoms with Gasteiger partial charge in [-0.3, -0.25) is 4.79 Å². The smallest absolute Gasteiger partial charge is 0.310 e. The number of nitrogens with zero attached hydrogens (tertiary/aromatic N) is 1. The maximum absolute atomic E-state index is 12.0. The van der Waals surface area contributed by atoms with Gasteiger partial charge in [0.25, 0.3) is 0 Å². The van der Waals surface area contributed by atoms with Crippen molar-refractivity contribution in [3.05, 3.63) is 76.8 Å². The molecular formula is C25H30ClNO3. The molecule has 0 N–H and O–H groups in total. The second kappa shape index (κ2) is 11.9. The van der Waals surface area contributed by atoms with Crippen LogP contribution in [0.25, 0.3) is 5.57 Å². The lowest BCUT2D eigenvalue weighted by molar-refractivity contribution is -0.150. The van der Waals surface area contributed by atoms with Crippen LogP contribution in [0.2, 0.25) is 5.02 Å². The van der Waals surface area contributed by atoms with E-state index in [0.717, 1.165) is 54.2 Å². The summed E-state index contributed by atoms with van der Waals surface area (Å²) >= 11 is 6.20. The Morgan fingerprint density at radius 1 is 1.17 bits per heavy atom. The normalized spacial score (nSPS) is 17.7. The number of piperidine rings is 1. The second-order valence-electron chi connectivity index (χ2n) is 7.46. The number of esters is 1. The molecule has 30 heavy (non-hydrogen) atoms. The Hall–Kier alpha value is -2.14. The van der Waals surface area contributed by atoms with Gasteiger partial charge in [0, 0.05) is 18.1 Å². The van der Waals surface area contributed by atoms with Crippen molar-refractivity contribution in [3.8, 4) is 0 Å². The first-order valence-corrected chi connectivity index (χ1v) is 11.0. The van der Waals surface area contributed by atoms with Crippen molar-refractivity contribution >= 4 is 23.1 Å². The summed E-state index contributed by atoms with van der Waals surface area (Å²) in [6.07, 6.45) is 4.05. The molecule has 1 heterocycles. The Kier molecular flexibility index (Phi) is 8.94. The highest BCUT2D eigenvalue weighted by atomic mass is 35.5. The molecule has 0 amide bonds. The van der Waals surface area contributed by atoms with Gasteiger partial charge in [-0.2, -0.15) is 0 Å². The van der Waals surface area contributed by atoms with Gasteiger partial charge in [0.1, 0.15) is 0 Å². The van der Waals surface area contributed by atoms with Crippen molar-refractivity contribution in [2.75, 3.05) is 39.5 Å². The molecule has 0 bridgehead atoms. The standard InChI is InChI=1S/C25H30ClNO3/c1-2-30-25(28)22-11-7-14-27(19-22)15-17-29-16-13-24(20-8-4-3-5-9-20)21-10-6-12-23(26)18-21/h3-6,8-10,12-13,18,22H,2,7,11,14-17,19H2,1H3/b24-13-. The van der Waals surface area contributed by atoms with Crippen molar-refractivity contribution in [2.45, 2.75) is 19.8 Å². The summed E-state index contributed by atoms with van der Waals surface area (Å²) in [7, 11) is 0. The fourth-order valence-electron chi connectivity index (χ4n) is 3.81. The fourth-order valence-corrected chi connectivity index (χ4v) is 4.00. The molecule has 1 saturated heterocycles. The zero-order valence-electron chi connectivity index (χ0n) is 17.6. The van der Waals surface area contributed by atoms with E-state index in [1.807, 2.05) is 43.3 Å². The molecule has 0 saturated carbocycles. The summed E-state index contributed by atoms with van der Waals surface area (Å²) in [5.41, 5.74) is 3.32. The van der Waals surface area contributed by atoms with Crippen LogP contribution >= 0.6 is 11.6 Å². The van der Waals surface area contributed by atoms with E-state index in [1.165, 1.54) is 0 Å². The first kappa shape index (κ1) is 22.5. The Balaban J connectivity index is 1.54. The van der Waals surface area contributed by atoms with Crippen LogP contribution in [0.4, 0.5) is 0 Å². The molecule has 0 aromatic heterocycles. The summed E-state index contributed by atoms with van der Waals surface area (Å²) in [6.45, 7) is 6.04. The minimum atomic E-state index is -0.0694. The van der Waals surface area contributed by atoms with E-state index in [9.17, 15) is 4.79 Å². The third-order valence-corrected chi connectivity index (χ3v) is 5.54. The number of carbonyl (C=O) groups excluding carboxylic acids is 1. The molecule has 0 spiro atoms. The summed E-state index contributed by atoms with van der Waals surface area (Å²) in [6, 6.07) is 18.1. The van der Waals surface area contributed by atoms with Gasteiger partial charge in [0.05, 0.1) is 25.7 Å². The summed E-state index contributed by atoms with van der Waals surface area (Å²) in [5.74, 6) is -0.0776. The van der Waals surface area contributed by atoms with Gasteiger partial charge < -0.3 is 14.4 Å². The zero-order valence-corrected chi connectivity index (χ0v) is 18.3. The van der Waals surface area contributed by atoms with Gasteiger partial charge in [-0.05, 0) is 55.1 Å². The first-order valence-electron chi connectivity index (χ1n) is 10.7. The van der Waals surface area contributed by atoms with Crippen LogP contribution in [0.15, 0.2) is 60.7 Å². The lowest BCUT2D eigenvalue weighted by Gasteiger charge is -2.31. The largest absolute Gasteiger partial charge is 0.466 e. The molecular weight excluding hydrogens is 398 g/mol. The molecule has 1 aliphatic rings. The molecule has 1 fully saturated rings. The molecule has 5 heteroatoms. The molecule has 1 aliphatic heterocycles. The molecule has 3 rings (SSSR count). The number of rotatable bonds is 9. The van der Waals surface area contributed by atoms with Crippen molar-refractivity contribution in [1.29, 1.82) is 0 Å². The maximum Gasteiger partial charge on any atom is 0.310 e. The van der Waals surface area contributed by atoms with E-state index in [0.29, 0.717) is 19.8 Å². The second-order valence-corrected chi connectivity index (χ2v) is 7.90. The highest BCUT2D eigenvalue weighted by Crippen LogP contribution is 2.25. The van der Waals surface area contributed by atoms with E-state index in [1.54, 1.807) is 0 Å². The minimum absolute atomic E-state index is 0.00823. The molecule has 2 aromatic rings. The number of ether oxygens (including phenoxy) is 2. The van der Waals surface area contributed by atoms with E-state index < -0.39 is 0 Å². The predicted molar refractivity (Wildman–Crippen MR) is 122 cm³/mol. The van der Waals surface area contributed by atoms with Crippen LogP contribution in [0.1, 0.15) is 30.9 Å². The molecule has 2 aromatic carbocycles. The third kappa shape index (κ3) is 6.69. The van der Waals surface area contributed by atoms with E-state index in [-0.39, 0.29) is 11.9 Å². The van der Waals surface area contributed by atoms with Crippen LogP contribution in [0, 0.1) is 5.92 Å². The van der Waals surface area contributed by atoms with Crippen LogP contribution in [-0.2, 0) is 14.3 Å². The molecule has 160 valence electrons. The van der Waals surface area contributed by atoms with Crippen molar-refractivity contribution in [1.82, 2.24) is 4.90 Å². The summed E-state index contributed by atoms with van der Waals surface area (Å²) in [4.78, 5) is 14.3. The molecule has 1 unspecified atom stereocenters. The Morgan fingerprint density at radius 3 is 2.73 bits per heavy atom. The summed E-state index contributed by atoms with van der Waals surface area (Å²) < 4.78 is 11.1.